The minimum absolute atomic E-state index is 0.0499. The lowest BCUT2D eigenvalue weighted by molar-refractivity contribution is 0.0525. The molecule has 2 aromatic rings. The third-order valence-corrected chi connectivity index (χ3v) is 4.23. The first-order chi connectivity index (χ1) is 13.7. The molecule has 4 N–H and O–H groups in total. The number of aryl methyl sites for hydroxylation is 1. The highest BCUT2D eigenvalue weighted by Gasteiger charge is 2.22. The maximum atomic E-state index is 12.5. The van der Waals surface area contributed by atoms with Crippen LogP contribution in [0, 0.1) is 13.8 Å². The molecule has 0 bridgehead atoms. The molecule has 8 heteroatoms. The Bertz CT molecular complexity index is 885. The summed E-state index contributed by atoms with van der Waals surface area (Å²) in [5, 5.41) is 8.32. The molecule has 2 rings (SSSR count). The first kappa shape index (κ1) is 22.0. The van der Waals surface area contributed by atoms with E-state index in [1.807, 2.05) is 26.0 Å². The van der Waals surface area contributed by atoms with Crippen molar-refractivity contribution in [1.29, 1.82) is 0 Å². The molecule has 1 aromatic heterocycles. The quantitative estimate of drug-likeness (QED) is 0.534. The van der Waals surface area contributed by atoms with Crippen molar-refractivity contribution < 1.29 is 19.1 Å². The lowest BCUT2D eigenvalue weighted by Gasteiger charge is -2.11. The fourth-order valence-electron chi connectivity index (χ4n) is 2.89. The monoisotopic (exact) mass is 400 g/mol. The normalized spacial score (nSPS) is 10.6. The standard InChI is InChI=1S/C21H28N4O4/c1-6-29-20(27)17-13(4)18(24-14(17)5)19(26)22-11-15-7-9-16(10-8-15)25-21(28)23-12(2)3/h7-10,12,24H,6,11H2,1-5H3,(H,22,26)(H2,23,25,28). The Morgan fingerprint density at radius 2 is 1.76 bits per heavy atom. The zero-order valence-electron chi connectivity index (χ0n) is 17.4. The number of esters is 1. The highest BCUT2D eigenvalue weighted by atomic mass is 16.5. The summed E-state index contributed by atoms with van der Waals surface area (Å²) in [5.74, 6) is -0.748. The van der Waals surface area contributed by atoms with Gasteiger partial charge in [0.15, 0.2) is 0 Å². The van der Waals surface area contributed by atoms with Gasteiger partial charge in [0.25, 0.3) is 5.91 Å². The van der Waals surface area contributed by atoms with Crippen LogP contribution in [0.2, 0.25) is 0 Å². The van der Waals surface area contributed by atoms with Gasteiger partial charge >= 0.3 is 12.0 Å². The van der Waals surface area contributed by atoms with Crippen molar-refractivity contribution >= 4 is 23.6 Å². The number of nitrogens with one attached hydrogen (secondary N) is 4. The number of urea groups is 1. The van der Waals surface area contributed by atoms with E-state index in [2.05, 4.69) is 20.9 Å². The smallest absolute Gasteiger partial charge is 0.340 e. The minimum atomic E-state index is -0.442. The van der Waals surface area contributed by atoms with Crippen LogP contribution in [0.15, 0.2) is 24.3 Å². The predicted molar refractivity (Wildman–Crippen MR) is 111 cm³/mol. The fourth-order valence-corrected chi connectivity index (χ4v) is 2.89. The molecular weight excluding hydrogens is 372 g/mol. The van der Waals surface area contributed by atoms with Gasteiger partial charge in [-0.1, -0.05) is 12.1 Å². The molecule has 0 atom stereocenters. The number of rotatable bonds is 7. The van der Waals surface area contributed by atoms with Crippen LogP contribution in [-0.2, 0) is 11.3 Å². The Hall–Kier alpha value is -3.29. The van der Waals surface area contributed by atoms with Crippen LogP contribution in [0.4, 0.5) is 10.5 Å². The molecule has 156 valence electrons. The summed E-state index contributed by atoms with van der Waals surface area (Å²) in [4.78, 5) is 39.3. The Labute approximate surface area is 170 Å². The molecule has 0 spiro atoms. The van der Waals surface area contributed by atoms with Gasteiger partial charge in [-0.2, -0.15) is 0 Å². The molecule has 0 aliphatic rings. The second kappa shape index (κ2) is 9.77. The summed E-state index contributed by atoms with van der Waals surface area (Å²) < 4.78 is 5.05. The molecule has 29 heavy (non-hydrogen) atoms. The molecule has 0 radical (unpaired) electrons. The number of ether oxygens (including phenoxy) is 1. The van der Waals surface area contributed by atoms with Crippen molar-refractivity contribution in [2.24, 2.45) is 0 Å². The second-order valence-corrected chi connectivity index (χ2v) is 6.98. The van der Waals surface area contributed by atoms with Gasteiger partial charge in [-0.3, -0.25) is 4.79 Å². The number of hydrogen-bond donors (Lipinski definition) is 4. The summed E-state index contributed by atoms with van der Waals surface area (Å²) in [6, 6.07) is 6.96. The van der Waals surface area contributed by atoms with Crippen LogP contribution in [0.1, 0.15) is 58.4 Å². The van der Waals surface area contributed by atoms with Gasteiger partial charge in [-0.15, -0.1) is 0 Å². The van der Waals surface area contributed by atoms with Gasteiger partial charge in [0.1, 0.15) is 5.69 Å². The zero-order chi connectivity index (χ0) is 21.6. The van der Waals surface area contributed by atoms with Crippen molar-refractivity contribution in [3.05, 3.63) is 52.3 Å². The zero-order valence-corrected chi connectivity index (χ0v) is 17.4. The average molecular weight is 400 g/mol. The third kappa shape index (κ3) is 5.84. The molecule has 1 aromatic carbocycles. The van der Waals surface area contributed by atoms with Crippen LogP contribution in [0.25, 0.3) is 0 Å². The molecule has 0 saturated carbocycles. The number of benzene rings is 1. The van der Waals surface area contributed by atoms with Crippen LogP contribution in [0.5, 0.6) is 0 Å². The van der Waals surface area contributed by atoms with E-state index in [1.54, 1.807) is 32.9 Å². The maximum Gasteiger partial charge on any atom is 0.340 e. The average Bonchev–Trinajstić information content (AvgIpc) is 2.94. The van der Waals surface area contributed by atoms with Crippen LogP contribution < -0.4 is 16.0 Å². The number of aromatic amines is 1. The first-order valence-corrected chi connectivity index (χ1v) is 9.53. The van der Waals surface area contributed by atoms with Crippen LogP contribution in [0.3, 0.4) is 0 Å². The Morgan fingerprint density at radius 3 is 2.34 bits per heavy atom. The molecule has 1 heterocycles. The number of anilines is 1. The molecule has 0 fully saturated rings. The van der Waals surface area contributed by atoms with E-state index in [1.165, 1.54) is 0 Å². The van der Waals surface area contributed by atoms with E-state index in [0.29, 0.717) is 34.7 Å². The Kier molecular flexibility index (Phi) is 7.41. The number of carbonyl (C=O) groups excluding carboxylic acids is 3. The van der Waals surface area contributed by atoms with Gasteiger partial charge in [0.05, 0.1) is 12.2 Å². The minimum Gasteiger partial charge on any atom is -0.462 e. The lowest BCUT2D eigenvalue weighted by atomic mass is 10.1. The molecule has 3 amide bonds. The van der Waals surface area contributed by atoms with Gasteiger partial charge in [-0.25, -0.2) is 9.59 Å². The molecule has 0 unspecified atom stereocenters. The Morgan fingerprint density at radius 1 is 1.10 bits per heavy atom. The van der Waals surface area contributed by atoms with Crippen LogP contribution in [-0.4, -0.2) is 35.5 Å². The number of hydrogen-bond acceptors (Lipinski definition) is 4. The summed E-state index contributed by atoms with van der Waals surface area (Å²) >= 11 is 0. The summed E-state index contributed by atoms with van der Waals surface area (Å²) in [7, 11) is 0. The van der Waals surface area contributed by atoms with Gasteiger partial charge in [0.2, 0.25) is 0 Å². The van der Waals surface area contributed by atoms with Crippen molar-refractivity contribution in [1.82, 2.24) is 15.6 Å². The van der Waals surface area contributed by atoms with Crippen LogP contribution >= 0.6 is 0 Å². The number of H-pyrrole nitrogens is 1. The summed E-state index contributed by atoms with van der Waals surface area (Å²) in [6.07, 6.45) is 0. The third-order valence-electron chi connectivity index (χ3n) is 4.23. The highest BCUT2D eigenvalue weighted by molar-refractivity contribution is 6.00. The molecule has 0 aliphatic carbocycles. The molecule has 0 aliphatic heterocycles. The summed E-state index contributed by atoms with van der Waals surface area (Å²) in [6.45, 7) is 9.53. The fraction of sp³-hybridized carbons (Fsp3) is 0.381. The highest BCUT2D eigenvalue weighted by Crippen LogP contribution is 2.19. The lowest BCUT2D eigenvalue weighted by Crippen LogP contribution is -2.34. The Balaban J connectivity index is 1.98. The predicted octanol–water partition coefficient (Wildman–Crippen LogP) is 3.27. The van der Waals surface area contributed by atoms with E-state index in [-0.39, 0.29) is 24.6 Å². The largest absolute Gasteiger partial charge is 0.462 e. The van der Waals surface area contributed by atoms with Gasteiger partial charge in [0, 0.05) is 24.0 Å². The second-order valence-electron chi connectivity index (χ2n) is 6.98. The summed E-state index contributed by atoms with van der Waals surface area (Å²) in [5.41, 5.74) is 3.43. The SMILES string of the molecule is CCOC(=O)c1c(C)[nH]c(C(=O)NCc2ccc(NC(=O)NC(C)C)cc2)c1C. The van der Waals surface area contributed by atoms with Crippen molar-refractivity contribution in [2.45, 2.75) is 47.2 Å². The maximum absolute atomic E-state index is 12.5. The van der Waals surface area contributed by atoms with E-state index in [0.717, 1.165) is 5.56 Å². The van der Waals surface area contributed by atoms with E-state index in [4.69, 9.17) is 4.74 Å². The van der Waals surface area contributed by atoms with E-state index in [9.17, 15) is 14.4 Å². The first-order valence-electron chi connectivity index (χ1n) is 9.53. The van der Waals surface area contributed by atoms with Gasteiger partial charge < -0.3 is 25.7 Å². The molecule has 8 nitrogen and oxygen atoms in total. The molecular formula is C21H28N4O4. The topological polar surface area (TPSA) is 112 Å². The van der Waals surface area contributed by atoms with Crippen molar-refractivity contribution in [2.75, 3.05) is 11.9 Å². The number of aromatic nitrogens is 1. The van der Waals surface area contributed by atoms with E-state index >= 15 is 0 Å². The van der Waals surface area contributed by atoms with Gasteiger partial charge in [-0.05, 0) is 57.9 Å². The molecule has 0 saturated heterocycles. The number of amides is 3. The van der Waals surface area contributed by atoms with Crippen molar-refractivity contribution in [3.63, 3.8) is 0 Å². The number of carbonyl (C=O) groups is 3. The van der Waals surface area contributed by atoms with Crippen molar-refractivity contribution in [3.8, 4) is 0 Å². The van der Waals surface area contributed by atoms with E-state index < -0.39 is 5.97 Å².